The van der Waals surface area contributed by atoms with E-state index in [-0.39, 0.29) is 25.0 Å². The van der Waals surface area contributed by atoms with E-state index in [1.807, 2.05) is 6.08 Å². The molecule has 0 aromatic rings. The molecule has 1 heterocycles. The number of phosphoric ester groups is 1. The van der Waals surface area contributed by atoms with E-state index in [2.05, 4.69) is 80.7 Å². The molecular weight excluding hydrogens is 819 g/mol. The first-order valence-corrected chi connectivity index (χ1v) is 24.4. The quantitative estimate of drug-likeness (QED) is 0.0118. The second-order valence-electron chi connectivity index (χ2n) is 15.9. The Bertz CT molecular complexity index is 1430. The predicted molar refractivity (Wildman–Crippen MR) is 239 cm³/mol. The van der Waals surface area contributed by atoms with Crippen LogP contribution in [-0.4, -0.2) is 111 Å². The fourth-order valence-corrected chi connectivity index (χ4v) is 7.59. The number of hydrogen-bond acceptors (Lipinski definition) is 13. The summed E-state index contributed by atoms with van der Waals surface area (Å²) in [5, 5.41) is 50.2. The highest BCUT2D eigenvalue weighted by Crippen LogP contribution is 2.47. The Balaban J connectivity index is 1.77. The lowest BCUT2D eigenvalue weighted by atomic mass is 9.85. The molecule has 0 aromatic heterocycles. The molecule has 1 aliphatic heterocycles. The van der Waals surface area contributed by atoms with Gasteiger partial charge in [0.15, 0.2) is 6.10 Å². The lowest BCUT2D eigenvalue weighted by Gasteiger charge is -2.41. The Hall–Kier alpha value is -2.75. The maximum atomic E-state index is 12.8. The van der Waals surface area contributed by atoms with Crippen LogP contribution in [0.25, 0.3) is 0 Å². The zero-order valence-corrected chi connectivity index (χ0v) is 38.0. The molecule has 354 valence electrons. The fourth-order valence-electron chi connectivity index (χ4n) is 6.61. The zero-order chi connectivity index (χ0) is 45.4. The molecule has 0 bridgehead atoms. The first-order chi connectivity index (χ1) is 29.9. The molecule has 0 radical (unpaired) electrons. The van der Waals surface area contributed by atoms with Gasteiger partial charge in [0.2, 0.25) is 0 Å². The number of epoxide rings is 1. The highest BCUT2D eigenvalue weighted by molar-refractivity contribution is 7.47. The molecule has 14 nitrogen and oxygen atoms in total. The van der Waals surface area contributed by atoms with Crippen LogP contribution in [0.15, 0.2) is 72.9 Å². The average molecular weight is 897 g/mol. The van der Waals surface area contributed by atoms with Crippen molar-refractivity contribution in [2.24, 2.45) is 0 Å². The summed E-state index contributed by atoms with van der Waals surface area (Å²) >= 11 is 0. The first kappa shape index (κ1) is 55.4. The second-order valence-corrected chi connectivity index (χ2v) is 17.3. The van der Waals surface area contributed by atoms with E-state index in [1.54, 1.807) is 0 Å². The number of rotatable bonds is 35. The molecule has 1 aliphatic carbocycles. The predicted octanol–water partition coefficient (Wildman–Crippen LogP) is 7.71. The van der Waals surface area contributed by atoms with Gasteiger partial charge in [-0.25, -0.2) is 4.57 Å². The van der Waals surface area contributed by atoms with Gasteiger partial charge in [0.1, 0.15) is 43.2 Å². The Morgan fingerprint density at radius 1 is 0.581 bits per heavy atom. The standard InChI is InChI=1S/C47H77O14P/c1-3-5-7-9-11-13-15-17-18-19-21-23-25-27-29-33-41(49)59-37(36-58-62(55,56)61-47-45(53)43(51)42(50)44(52)46(47)54)35-57-40(48)34-30-32-39-38(60-39)31-28-26-24-22-20-16-14-12-10-8-6-4-2/h11-14,17-18,20-23,26,28,37-39,42-47,50-54H,3-10,15-16,19,24-25,27,29-36H2,1-2H3,(H,55,56)/b13-11-,14-12-,18-17-,22-20-,23-21-,28-26-/t37-,38?,39?,42?,43-,44+,45-,46-,47?/m1/s1. The van der Waals surface area contributed by atoms with Gasteiger partial charge in [0, 0.05) is 12.8 Å². The van der Waals surface area contributed by atoms with Crippen LogP contribution in [0.1, 0.15) is 142 Å². The molecule has 0 aromatic carbocycles. The van der Waals surface area contributed by atoms with Crippen LogP contribution >= 0.6 is 7.82 Å². The third kappa shape index (κ3) is 25.5. The zero-order valence-electron chi connectivity index (χ0n) is 37.1. The van der Waals surface area contributed by atoms with Crippen LogP contribution in [0.3, 0.4) is 0 Å². The van der Waals surface area contributed by atoms with Crippen LogP contribution in [0.2, 0.25) is 0 Å². The molecule has 2 fully saturated rings. The van der Waals surface area contributed by atoms with Crippen LogP contribution in [0, 0.1) is 0 Å². The summed E-state index contributed by atoms with van der Waals surface area (Å²) in [6.45, 7) is 3.13. The van der Waals surface area contributed by atoms with Gasteiger partial charge in [-0.1, -0.05) is 112 Å². The van der Waals surface area contributed by atoms with Gasteiger partial charge in [-0.05, 0) is 89.9 Å². The van der Waals surface area contributed by atoms with Crippen molar-refractivity contribution < 1.29 is 67.8 Å². The Labute approximate surface area is 370 Å². The highest BCUT2D eigenvalue weighted by Gasteiger charge is 2.51. The number of allylic oxidation sites excluding steroid dienone is 11. The van der Waals surface area contributed by atoms with Crippen LogP contribution in [0.4, 0.5) is 0 Å². The minimum Gasteiger partial charge on any atom is -0.462 e. The number of phosphoric acid groups is 1. The number of hydrogen-bond donors (Lipinski definition) is 6. The summed E-state index contributed by atoms with van der Waals surface area (Å²) in [6.07, 6.45) is 29.7. The van der Waals surface area contributed by atoms with Crippen molar-refractivity contribution >= 4 is 19.8 Å². The summed E-state index contributed by atoms with van der Waals surface area (Å²) in [7, 11) is -5.15. The molecule has 10 atom stereocenters. The molecule has 62 heavy (non-hydrogen) atoms. The lowest BCUT2D eigenvalue weighted by molar-refractivity contribution is -0.220. The van der Waals surface area contributed by atoms with Crippen molar-refractivity contribution in [2.75, 3.05) is 13.2 Å². The van der Waals surface area contributed by atoms with Gasteiger partial charge in [0.05, 0.1) is 18.8 Å². The Morgan fingerprint density at radius 3 is 1.58 bits per heavy atom. The number of unbranched alkanes of at least 4 members (excludes halogenated alkanes) is 8. The molecular formula is C47H77O14P. The maximum Gasteiger partial charge on any atom is 0.472 e. The van der Waals surface area contributed by atoms with Crippen molar-refractivity contribution in [3.63, 3.8) is 0 Å². The lowest BCUT2D eigenvalue weighted by Crippen LogP contribution is -2.64. The summed E-state index contributed by atoms with van der Waals surface area (Å²) in [4.78, 5) is 35.8. The third-order valence-electron chi connectivity index (χ3n) is 10.4. The normalized spacial score (nSPS) is 25.8. The number of aliphatic hydroxyl groups excluding tert-OH is 5. The van der Waals surface area contributed by atoms with E-state index in [9.17, 15) is 44.6 Å². The van der Waals surface area contributed by atoms with E-state index < -0.39 is 75.7 Å². The average Bonchev–Trinajstić information content (AvgIpc) is 4.01. The molecule has 1 saturated carbocycles. The molecule has 5 unspecified atom stereocenters. The largest absolute Gasteiger partial charge is 0.472 e. The second kappa shape index (κ2) is 33.7. The number of aliphatic hydroxyl groups is 5. The van der Waals surface area contributed by atoms with Gasteiger partial charge in [-0.15, -0.1) is 0 Å². The van der Waals surface area contributed by atoms with Gasteiger partial charge in [-0.2, -0.15) is 0 Å². The number of carbonyl (C=O) groups excluding carboxylic acids is 2. The topological polar surface area (TPSA) is 222 Å². The van der Waals surface area contributed by atoms with Crippen LogP contribution in [0.5, 0.6) is 0 Å². The van der Waals surface area contributed by atoms with Crippen molar-refractivity contribution in [2.45, 2.75) is 197 Å². The fraction of sp³-hybridized carbons (Fsp3) is 0.702. The SMILES string of the molecule is CCCCC/C=C\C/C=C\C/C=C\CCCCC(=O)O[C@H](COC(=O)CCCC1OC1C/C=C\C/C=C\C/C=C\CCCCC)COP(=O)(O)OC1[C@H](O)[C@H](O)C(O)[C@H](O)[C@H]1O. The van der Waals surface area contributed by atoms with Crippen LogP contribution in [-0.2, 0) is 37.4 Å². The van der Waals surface area contributed by atoms with Gasteiger partial charge in [-0.3, -0.25) is 18.6 Å². The number of ether oxygens (including phenoxy) is 3. The molecule has 15 heteroatoms. The van der Waals surface area contributed by atoms with Crippen molar-refractivity contribution in [3.8, 4) is 0 Å². The monoisotopic (exact) mass is 897 g/mol. The Kier molecular flexibility index (Phi) is 30.1. The number of carbonyl (C=O) groups is 2. The van der Waals surface area contributed by atoms with Crippen molar-refractivity contribution in [1.29, 1.82) is 0 Å². The van der Waals surface area contributed by atoms with Crippen molar-refractivity contribution in [1.82, 2.24) is 0 Å². The smallest absolute Gasteiger partial charge is 0.462 e. The van der Waals surface area contributed by atoms with Gasteiger partial charge in [0.25, 0.3) is 0 Å². The summed E-state index contributed by atoms with van der Waals surface area (Å²) < 4.78 is 39.2. The first-order valence-electron chi connectivity index (χ1n) is 22.9. The summed E-state index contributed by atoms with van der Waals surface area (Å²) in [5.74, 6) is -1.23. The summed E-state index contributed by atoms with van der Waals surface area (Å²) in [5.41, 5.74) is 0. The van der Waals surface area contributed by atoms with E-state index in [0.29, 0.717) is 25.7 Å². The Morgan fingerprint density at radius 2 is 1.05 bits per heavy atom. The molecule has 6 N–H and O–H groups in total. The van der Waals surface area contributed by atoms with E-state index >= 15 is 0 Å². The van der Waals surface area contributed by atoms with Gasteiger partial charge < -0.3 is 44.6 Å². The third-order valence-corrected chi connectivity index (χ3v) is 11.4. The molecule has 2 aliphatic rings. The minimum absolute atomic E-state index is 0.0277. The molecule has 0 amide bonds. The van der Waals surface area contributed by atoms with E-state index in [4.69, 9.17) is 23.3 Å². The van der Waals surface area contributed by atoms with Crippen LogP contribution < -0.4 is 0 Å². The number of esters is 2. The highest BCUT2D eigenvalue weighted by atomic mass is 31.2. The molecule has 2 rings (SSSR count). The van der Waals surface area contributed by atoms with E-state index in [0.717, 1.165) is 51.4 Å². The molecule has 0 spiro atoms. The minimum atomic E-state index is -5.15. The van der Waals surface area contributed by atoms with E-state index in [1.165, 1.54) is 38.5 Å². The summed E-state index contributed by atoms with van der Waals surface area (Å²) in [6, 6.07) is 0. The molecule has 1 saturated heterocycles. The van der Waals surface area contributed by atoms with Crippen molar-refractivity contribution in [3.05, 3.63) is 72.9 Å². The maximum absolute atomic E-state index is 12.8. The van der Waals surface area contributed by atoms with Gasteiger partial charge >= 0.3 is 19.8 Å².